The molecule has 0 aliphatic carbocycles. The topological polar surface area (TPSA) is 64.3 Å². The lowest BCUT2D eigenvalue weighted by Gasteiger charge is -2.14. The van der Waals surface area contributed by atoms with E-state index in [1.54, 1.807) is 0 Å². The highest BCUT2D eigenvalue weighted by Gasteiger charge is 2.19. The van der Waals surface area contributed by atoms with Crippen molar-refractivity contribution < 1.29 is 9.53 Å². The van der Waals surface area contributed by atoms with Crippen molar-refractivity contribution in [2.45, 2.75) is 33.6 Å². The maximum absolute atomic E-state index is 11.7. The molecule has 5 heteroatoms. The van der Waals surface area contributed by atoms with Gasteiger partial charge in [-0.05, 0) is 12.3 Å². The SMILES string of the molecule is CCCC(C(=O)NCCOCC(C)C)C(N)=S. The Bertz CT molecular complexity index is 245. The number of hydrogen-bond acceptors (Lipinski definition) is 3. The van der Waals surface area contributed by atoms with Crippen LogP contribution >= 0.6 is 12.2 Å². The highest BCUT2D eigenvalue weighted by Crippen LogP contribution is 2.06. The zero-order valence-electron chi connectivity index (χ0n) is 11.0. The zero-order valence-corrected chi connectivity index (χ0v) is 11.8. The van der Waals surface area contributed by atoms with Crippen LogP contribution in [-0.2, 0) is 9.53 Å². The second-order valence-electron chi connectivity index (χ2n) is 4.50. The van der Waals surface area contributed by atoms with E-state index in [0.717, 1.165) is 6.42 Å². The maximum Gasteiger partial charge on any atom is 0.230 e. The summed E-state index contributed by atoms with van der Waals surface area (Å²) < 4.78 is 5.37. The van der Waals surface area contributed by atoms with Gasteiger partial charge in [-0.15, -0.1) is 0 Å². The Morgan fingerprint density at radius 1 is 1.47 bits per heavy atom. The minimum atomic E-state index is -0.347. The summed E-state index contributed by atoms with van der Waals surface area (Å²) in [6.45, 7) is 7.92. The van der Waals surface area contributed by atoms with Gasteiger partial charge in [0.1, 0.15) is 0 Å². The Hall–Kier alpha value is -0.680. The Morgan fingerprint density at radius 2 is 2.12 bits per heavy atom. The van der Waals surface area contributed by atoms with Crippen LogP contribution in [0.1, 0.15) is 33.6 Å². The number of hydrogen-bond donors (Lipinski definition) is 2. The molecular weight excluding hydrogens is 236 g/mol. The molecule has 0 fully saturated rings. The Morgan fingerprint density at radius 3 is 2.59 bits per heavy atom. The molecule has 0 saturated heterocycles. The first kappa shape index (κ1) is 16.3. The predicted molar refractivity (Wildman–Crippen MR) is 73.9 cm³/mol. The third-order valence-electron chi connectivity index (χ3n) is 2.23. The van der Waals surface area contributed by atoms with Crippen molar-refractivity contribution in [3.8, 4) is 0 Å². The van der Waals surface area contributed by atoms with Crippen LogP contribution in [0.2, 0.25) is 0 Å². The lowest BCUT2D eigenvalue weighted by molar-refractivity contribution is -0.123. The lowest BCUT2D eigenvalue weighted by Crippen LogP contribution is -2.39. The second kappa shape index (κ2) is 9.36. The van der Waals surface area contributed by atoms with E-state index >= 15 is 0 Å². The normalized spacial score (nSPS) is 12.5. The van der Waals surface area contributed by atoms with E-state index in [4.69, 9.17) is 22.7 Å². The number of ether oxygens (including phenoxy) is 1. The van der Waals surface area contributed by atoms with Crippen LogP contribution < -0.4 is 11.1 Å². The van der Waals surface area contributed by atoms with Gasteiger partial charge in [0.2, 0.25) is 5.91 Å². The van der Waals surface area contributed by atoms with Crippen LogP contribution in [0.3, 0.4) is 0 Å². The van der Waals surface area contributed by atoms with Crippen molar-refractivity contribution in [3.63, 3.8) is 0 Å². The molecular formula is C12H24N2O2S. The van der Waals surface area contributed by atoms with Gasteiger partial charge in [-0.1, -0.05) is 39.4 Å². The first-order valence-corrected chi connectivity index (χ1v) is 6.54. The average molecular weight is 260 g/mol. The molecule has 0 heterocycles. The molecule has 0 aromatic rings. The van der Waals surface area contributed by atoms with Gasteiger partial charge in [-0.3, -0.25) is 4.79 Å². The van der Waals surface area contributed by atoms with Crippen LogP contribution in [0.15, 0.2) is 0 Å². The van der Waals surface area contributed by atoms with Gasteiger partial charge in [0, 0.05) is 13.2 Å². The van der Waals surface area contributed by atoms with Crippen molar-refractivity contribution in [2.24, 2.45) is 17.6 Å². The highest BCUT2D eigenvalue weighted by atomic mass is 32.1. The molecule has 3 N–H and O–H groups in total. The largest absolute Gasteiger partial charge is 0.393 e. The van der Waals surface area contributed by atoms with E-state index in [2.05, 4.69) is 19.2 Å². The average Bonchev–Trinajstić information content (AvgIpc) is 2.24. The summed E-state index contributed by atoms with van der Waals surface area (Å²) in [7, 11) is 0. The van der Waals surface area contributed by atoms with Crippen LogP contribution in [0.4, 0.5) is 0 Å². The molecule has 0 spiro atoms. The smallest absolute Gasteiger partial charge is 0.230 e. The quantitative estimate of drug-likeness (QED) is 0.487. The fourth-order valence-electron chi connectivity index (χ4n) is 1.38. The molecule has 0 aliphatic rings. The molecule has 0 bridgehead atoms. The third-order valence-corrected chi connectivity index (χ3v) is 2.52. The van der Waals surface area contributed by atoms with E-state index in [0.29, 0.717) is 32.1 Å². The van der Waals surface area contributed by atoms with Gasteiger partial charge in [0.15, 0.2) is 0 Å². The van der Waals surface area contributed by atoms with Gasteiger partial charge in [-0.25, -0.2) is 0 Å². The van der Waals surface area contributed by atoms with Crippen molar-refractivity contribution >= 4 is 23.1 Å². The van der Waals surface area contributed by atoms with Crippen LogP contribution in [-0.4, -0.2) is 30.7 Å². The number of rotatable bonds is 9. The van der Waals surface area contributed by atoms with E-state index < -0.39 is 0 Å². The summed E-state index contributed by atoms with van der Waals surface area (Å²) in [4.78, 5) is 12.0. The molecule has 0 aliphatic heterocycles. The third kappa shape index (κ3) is 8.10. The zero-order chi connectivity index (χ0) is 13.3. The monoisotopic (exact) mass is 260 g/mol. The first-order chi connectivity index (χ1) is 7.99. The molecule has 0 rings (SSSR count). The van der Waals surface area contributed by atoms with E-state index in [1.807, 2.05) is 6.92 Å². The van der Waals surface area contributed by atoms with Crippen LogP contribution in [0, 0.1) is 11.8 Å². The fourth-order valence-corrected chi connectivity index (χ4v) is 1.60. The summed E-state index contributed by atoms with van der Waals surface area (Å²) in [6.07, 6.45) is 1.59. The Balaban J connectivity index is 3.79. The molecule has 1 unspecified atom stereocenters. The Labute approximate surface area is 109 Å². The number of nitrogens with one attached hydrogen (secondary N) is 1. The molecule has 1 atom stereocenters. The van der Waals surface area contributed by atoms with Gasteiger partial charge >= 0.3 is 0 Å². The van der Waals surface area contributed by atoms with Gasteiger partial charge in [-0.2, -0.15) is 0 Å². The van der Waals surface area contributed by atoms with Crippen LogP contribution in [0.5, 0.6) is 0 Å². The van der Waals surface area contributed by atoms with Crippen LogP contribution in [0.25, 0.3) is 0 Å². The number of amides is 1. The summed E-state index contributed by atoms with van der Waals surface area (Å²) in [6, 6.07) is 0. The van der Waals surface area contributed by atoms with E-state index in [-0.39, 0.29) is 16.8 Å². The lowest BCUT2D eigenvalue weighted by atomic mass is 10.0. The van der Waals surface area contributed by atoms with Crippen molar-refractivity contribution in [2.75, 3.05) is 19.8 Å². The predicted octanol–water partition coefficient (Wildman–Crippen LogP) is 1.48. The Kier molecular flexibility index (Phi) is 8.99. The molecule has 1 amide bonds. The van der Waals surface area contributed by atoms with E-state index in [9.17, 15) is 4.79 Å². The molecule has 4 nitrogen and oxygen atoms in total. The van der Waals surface area contributed by atoms with Gasteiger partial charge in [0.25, 0.3) is 0 Å². The summed E-state index contributed by atoms with van der Waals surface area (Å²) in [5.74, 6) is 0.0720. The van der Waals surface area contributed by atoms with Crippen molar-refractivity contribution in [1.82, 2.24) is 5.32 Å². The standard InChI is InChI=1S/C12H24N2O2S/c1-4-5-10(11(13)17)12(15)14-6-7-16-8-9(2)3/h9-10H,4-8H2,1-3H3,(H2,13,17)(H,14,15). The number of thiocarbonyl (C=S) groups is 1. The van der Waals surface area contributed by atoms with E-state index in [1.165, 1.54) is 0 Å². The number of carbonyl (C=O) groups is 1. The summed E-state index contributed by atoms with van der Waals surface area (Å²) in [5.41, 5.74) is 5.53. The fraction of sp³-hybridized carbons (Fsp3) is 0.833. The second-order valence-corrected chi connectivity index (χ2v) is 4.97. The summed E-state index contributed by atoms with van der Waals surface area (Å²) in [5, 5.41) is 2.79. The van der Waals surface area contributed by atoms with Gasteiger partial charge in [0.05, 0.1) is 17.5 Å². The minimum Gasteiger partial charge on any atom is -0.393 e. The molecule has 0 aromatic carbocycles. The van der Waals surface area contributed by atoms with Crippen molar-refractivity contribution in [1.29, 1.82) is 0 Å². The molecule has 17 heavy (non-hydrogen) atoms. The first-order valence-electron chi connectivity index (χ1n) is 6.13. The maximum atomic E-state index is 11.7. The van der Waals surface area contributed by atoms with Crippen molar-refractivity contribution in [3.05, 3.63) is 0 Å². The minimum absolute atomic E-state index is 0.0903. The number of nitrogens with two attached hydrogens (primary N) is 1. The molecule has 0 radical (unpaired) electrons. The molecule has 0 aromatic heterocycles. The van der Waals surface area contributed by atoms with Gasteiger partial charge < -0.3 is 15.8 Å². The number of carbonyl (C=O) groups excluding carboxylic acids is 1. The molecule has 100 valence electrons. The molecule has 0 saturated carbocycles. The summed E-state index contributed by atoms with van der Waals surface area (Å²) >= 11 is 4.88. The highest BCUT2D eigenvalue weighted by molar-refractivity contribution is 7.80.